The first-order valence-electron chi connectivity index (χ1n) is 5.83. The third-order valence-electron chi connectivity index (χ3n) is 3.19. The van der Waals surface area contributed by atoms with Gasteiger partial charge in [-0.25, -0.2) is 0 Å². The summed E-state index contributed by atoms with van der Waals surface area (Å²) in [6, 6.07) is 9.64. The van der Waals surface area contributed by atoms with Crippen LogP contribution >= 0.6 is 22.7 Å². The lowest BCUT2D eigenvalue weighted by atomic mass is 10.1. The van der Waals surface area contributed by atoms with Gasteiger partial charge in [0.25, 0.3) is 0 Å². The maximum Gasteiger partial charge on any atom is 0.139 e. The third kappa shape index (κ3) is 1.77. The van der Waals surface area contributed by atoms with Crippen LogP contribution in [0, 0.1) is 34.0 Å². The Labute approximate surface area is 127 Å². The van der Waals surface area contributed by atoms with E-state index in [1.165, 1.54) is 22.7 Å². The predicted octanol–water partition coefficient (Wildman–Crippen LogP) is 1.90. The van der Waals surface area contributed by atoms with Crippen LogP contribution in [0.1, 0.15) is 0 Å². The molecular formula is C15H6N4S2. The standard InChI is InChI=1S/C15H6N4S2/c16-5-8(6-17)12-14-9(1-3-20-14)13(11(19)7-18)10-2-4-21-15(10)12/h1-4H,19H2. The summed E-state index contributed by atoms with van der Waals surface area (Å²) in [4.78, 5) is 0. The van der Waals surface area contributed by atoms with Crippen molar-refractivity contribution in [1.29, 1.82) is 15.8 Å². The van der Waals surface area contributed by atoms with Gasteiger partial charge in [0.2, 0.25) is 0 Å². The van der Waals surface area contributed by atoms with Crippen molar-refractivity contribution in [3.8, 4) is 18.2 Å². The number of hydrogen-bond acceptors (Lipinski definition) is 6. The van der Waals surface area contributed by atoms with Crippen LogP contribution < -0.4 is 16.2 Å². The fourth-order valence-electron chi connectivity index (χ4n) is 2.36. The van der Waals surface area contributed by atoms with E-state index < -0.39 is 0 Å². The van der Waals surface area contributed by atoms with Gasteiger partial charge in [-0.05, 0) is 22.9 Å². The molecular weight excluding hydrogens is 300 g/mol. The van der Waals surface area contributed by atoms with Gasteiger partial charge in [0.05, 0.1) is 0 Å². The number of thiophene rings is 2. The number of fused-ring (bicyclic) bond motifs is 2. The zero-order valence-corrected chi connectivity index (χ0v) is 12.2. The average molecular weight is 306 g/mol. The van der Waals surface area contributed by atoms with Crippen LogP contribution in [0.2, 0.25) is 0 Å². The minimum Gasteiger partial charge on any atom is -0.390 e. The molecule has 0 saturated carbocycles. The van der Waals surface area contributed by atoms with Crippen LogP contribution in [0.15, 0.2) is 22.9 Å². The topological polar surface area (TPSA) is 97.4 Å². The lowest BCUT2D eigenvalue weighted by Crippen LogP contribution is -2.18. The molecule has 1 aromatic carbocycles. The first kappa shape index (κ1) is 13.1. The molecule has 0 unspecified atom stereocenters. The normalized spacial score (nSPS) is 9.95. The molecule has 0 radical (unpaired) electrons. The molecule has 4 nitrogen and oxygen atoms in total. The van der Waals surface area contributed by atoms with Gasteiger partial charge in [0.15, 0.2) is 0 Å². The Morgan fingerprint density at radius 3 is 1.81 bits per heavy atom. The van der Waals surface area contributed by atoms with E-state index in [4.69, 9.17) is 11.0 Å². The summed E-state index contributed by atoms with van der Waals surface area (Å²) in [7, 11) is 0. The molecule has 0 aliphatic heterocycles. The van der Waals surface area contributed by atoms with Crippen LogP contribution in [-0.4, -0.2) is 0 Å². The van der Waals surface area contributed by atoms with Crippen molar-refractivity contribution in [3.63, 3.8) is 0 Å². The third-order valence-corrected chi connectivity index (χ3v) is 5.05. The Morgan fingerprint density at radius 2 is 1.38 bits per heavy atom. The monoisotopic (exact) mass is 306 g/mol. The molecule has 0 bridgehead atoms. The molecule has 0 fully saturated rings. The Kier molecular flexibility index (Phi) is 3.08. The smallest absolute Gasteiger partial charge is 0.139 e. The second-order valence-corrected chi connectivity index (χ2v) is 6.03. The van der Waals surface area contributed by atoms with E-state index in [9.17, 15) is 10.5 Å². The largest absolute Gasteiger partial charge is 0.390 e. The van der Waals surface area contributed by atoms with Gasteiger partial charge < -0.3 is 5.73 Å². The highest BCUT2D eigenvalue weighted by Crippen LogP contribution is 2.23. The fraction of sp³-hybridized carbons (Fsp3) is 0. The summed E-state index contributed by atoms with van der Waals surface area (Å²) in [5, 5.41) is 34.3. The maximum absolute atomic E-state index is 9.22. The Balaban J connectivity index is 2.88. The minimum atomic E-state index is 0.0805. The fourth-order valence-corrected chi connectivity index (χ4v) is 4.34. The lowest BCUT2D eigenvalue weighted by Gasteiger charge is -2.00. The number of rotatable bonds is 0. The van der Waals surface area contributed by atoms with E-state index in [-0.39, 0.29) is 11.3 Å². The van der Waals surface area contributed by atoms with Crippen molar-refractivity contribution >= 4 is 54.1 Å². The maximum atomic E-state index is 9.22. The molecule has 3 rings (SSSR count). The Morgan fingerprint density at radius 1 is 0.857 bits per heavy atom. The van der Waals surface area contributed by atoms with E-state index in [1.54, 1.807) is 0 Å². The van der Waals surface area contributed by atoms with Gasteiger partial charge in [-0.15, -0.1) is 22.7 Å². The quantitative estimate of drug-likeness (QED) is 0.686. The highest BCUT2D eigenvalue weighted by atomic mass is 32.1. The zero-order chi connectivity index (χ0) is 15.0. The summed E-state index contributed by atoms with van der Waals surface area (Å²) in [6.45, 7) is 0. The second-order valence-electron chi connectivity index (χ2n) is 4.20. The van der Waals surface area contributed by atoms with E-state index >= 15 is 0 Å². The molecule has 0 saturated heterocycles. The van der Waals surface area contributed by atoms with Gasteiger partial charge in [-0.1, -0.05) is 0 Å². The molecule has 0 atom stereocenters. The van der Waals surface area contributed by atoms with E-state index in [2.05, 4.69) is 0 Å². The van der Waals surface area contributed by atoms with Crippen molar-refractivity contribution in [2.24, 2.45) is 5.73 Å². The van der Waals surface area contributed by atoms with Gasteiger partial charge in [0, 0.05) is 30.6 Å². The highest BCUT2D eigenvalue weighted by Gasteiger charge is 2.13. The molecule has 0 spiro atoms. The van der Waals surface area contributed by atoms with Crippen LogP contribution in [-0.2, 0) is 0 Å². The van der Waals surface area contributed by atoms with Crippen LogP contribution in [0.5, 0.6) is 0 Å². The van der Waals surface area contributed by atoms with Crippen molar-refractivity contribution in [2.75, 3.05) is 0 Å². The molecule has 2 aromatic heterocycles. The van der Waals surface area contributed by atoms with Crippen LogP contribution in [0.4, 0.5) is 0 Å². The summed E-state index contributed by atoms with van der Waals surface area (Å²) >= 11 is 2.88. The summed E-state index contributed by atoms with van der Waals surface area (Å²) in [5.74, 6) is 0. The van der Waals surface area contributed by atoms with Crippen LogP contribution in [0.25, 0.3) is 31.4 Å². The van der Waals surface area contributed by atoms with E-state index in [1.807, 2.05) is 41.1 Å². The summed E-state index contributed by atoms with van der Waals surface area (Å²) in [6.07, 6.45) is 0. The van der Waals surface area contributed by atoms with Crippen molar-refractivity contribution in [2.45, 2.75) is 0 Å². The predicted molar refractivity (Wildman–Crippen MR) is 84.3 cm³/mol. The van der Waals surface area contributed by atoms with E-state index in [0.717, 1.165) is 20.2 Å². The number of benzene rings is 1. The molecule has 0 aliphatic rings. The number of nitriles is 3. The van der Waals surface area contributed by atoms with Crippen molar-refractivity contribution in [3.05, 3.63) is 33.3 Å². The molecule has 0 aliphatic carbocycles. The summed E-state index contributed by atoms with van der Waals surface area (Å²) in [5.41, 5.74) is 6.09. The average Bonchev–Trinajstić information content (AvgIpc) is 3.15. The molecule has 21 heavy (non-hydrogen) atoms. The molecule has 2 N–H and O–H groups in total. The molecule has 3 aromatic rings. The number of nitrogens with zero attached hydrogens (tertiary/aromatic N) is 3. The SMILES string of the molecule is N#CC(N)=c1c2ccsc2c(=C(C#N)C#N)c2sccc12. The van der Waals surface area contributed by atoms with Crippen LogP contribution in [0.3, 0.4) is 0 Å². The number of hydrogen-bond donors (Lipinski definition) is 1. The van der Waals surface area contributed by atoms with E-state index in [0.29, 0.717) is 10.4 Å². The first-order valence-corrected chi connectivity index (χ1v) is 7.59. The second kappa shape index (κ2) is 4.92. The molecule has 98 valence electrons. The summed E-state index contributed by atoms with van der Waals surface area (Å²) < 4.78 is 1.63. The van der Waals surface area contributed by atoms with Gasteiger partial charge in [0.1, 0.15) is 29.5 Å². The van der Waals surface area contributed by atoms with Gasteiger partial charge in [-0.3, -0.25) is 0 Å². The van der Waals surface area contributed by atoms with Crippen molar-refractivity contribution < 1.29 is 0 Å². The molecule has 0 amide bonds. The number of nitrogens with two attached hydrogens (primary N) is 1. The molecule has 6 heteroatoms. The Bertz CT molecular complexity index is 1050. The van der Waals surface area contributed by atoms with Crippen molar-refractivity contribution in [1.82, 2.24) is 0 Å². The molecule has 2 heterocycles. The van der Waals surface area contributed by atoms with Gasteiger partial charge in [-0.2, -0.15) is 15.8 Å². The highest BCUT2D eigenvalue weighted by molar-refractivity contribution is 7.19. The zero-order valence-electron chi connectivity index (χ0n) is 10.5. The lowest BCUT2D eigenvalue weighted by molar-refractivity contribution is 1.49. The minimum absolute atomic E-state index is 0.0805. The van der Waals surface area contributed by atoms with Gasteiger partial charge >= 0.3 is 0 Å². The Hall–Kier alpha value is -2.85. The first-order chi connectivity index (χ1) is 10.2.